The Hall–Kier alpha value is -1.81. The minimum absolute atomic E-state index is 0.140. The number of nitrogens with one attached hydrogen (secondary N) is 3. The van der Waals surface area contributed by atoms with Crippen LogP contribution in [0.25, 0.3) is 0 Å². The second-order valence-corrected chi connectivity index (χ2v) is 10.0. The lowest BCUT2D eigenvalue weighted by Gasteiger charge is -2.20. The largest absolute Gasteiger partial charge is 0.494 e. The summed E-state index contributed by atoms with van der Waals surface area (Å²) in [6.07, 6.45) is -0.549. The van der Waals surface area contributed by atoms with E-state index in [-0.39, 0.29) is 24.6 Å². The number of rotatable bonds is 8. The van der Waals surface area contributed by atoms with Crippen molar-refractivity contribution in [3.63, 3.8) is 0 Å². The van der Waals surface area contributed by atoms with E-state index in [0.29, 0.717) is 9.64 Å². The molecule has 1 heterocycles. The molecule has 0 aromatic heterocycles. The molecule has 0 radical (unpaired) electrons. The maximum atomic E-state index is 14.7. The zero-order chi connectivity index (χ0) is 23.7. The van der Waals surface area contributed by atoms with E-state index >= 15 is 0 Å². The molecule has 1 aliphatic rings. The Labute approximate surface area is 197 Å². The molecule has 1 fully saturated rings. The van der Waals surface area contributed by atoms with Gasteiger partial charge >= 0.3 is 0 Å². The van der Waals surface area contributed by atoms with Crippen molar-refractivity contribution < 1.29 is 35.8 Å². The number of halogens is 4. The highest BCUT2D eigenvalue weighted by atomic mass is 127. The minimum Gasteiger partial charge on any atom is -0.494 e. The molecular formula is C19H21F3IN3O5S. The van der Waals surface area contributed by atoms with Gasteiger partial charge in [0, 0.05) is 16.2 Å². The summed E-state index contributed by atoms with van der Waals surface area (Å²) < 4.78 is 89.2. The van der Waals surface area contributed by atoms with Gasteiger partial charge in [0.25, 0.3) is 10.2 Å². The Bertz CT molecular complexity index is 1120. The predicted octanol–water partition coefficient (Wildman–Crippen LogP) is 3.86. The van der Waals surface area contributed by atoms with Crippen molar-refractivity contribution in [3.8, 4) is 5.75 Å². The maximum Gasteiger partial charge on any atom is 0.299 e. The lowest BCUT2D eigenvalue weighted by molar-refractivity contribution is -0.137. The van der Waals surface area contributed by atoms with E-state index in [1.165, 1.54) is 18.2 Å². The van der Waals surface area contributed by atoms with Crippen LogP contribution in [0.3, 0.4) is 0 Å². The molecule has 8 nitrogen and oxygen atoms in total. The molecule has 2 aromatic carbocycles. The molecule has 1 aliphatic heterocycles. The summed E-state index contributed by atoms with van der Waals surface area (Å²) in [5.41, 5.74) is -1.28. The van der Waals surface area contributed by atoms with Gasteiger partial charge in [0.1, 0.15) is 22.9 Å². The van der Waals surface area contributed by atoms with Crippen LogP contribution in [0.15, 0.2) is 24.3 Å². The molecule has 0 amide bonds. The Morgan fingerprint density at radius 1 is 1.19 bits per heavy atom. The maximum absolute atomic E-state index is 14.7. The predicted molar refractivity (Wildman–Crippen MR) is 121 cm³/mol. The first kappa shape index (κ1) is 24.8. The van der Waals surface area contributed by atoms with Crippen LogP contribution < -0.4 is 19.5 Å². The molecule has 3 rings (SSSR count). The quantitative estimate of drug-likeness (QED) is 0.406. The molecule has 1 unspecified atom stereocenters. The van der Waals surface area contributed by atoms with Crippen molar-refractivity contribution in [1.82, 2.24) is 4.72 Å². The van der Waals surface area contributed by atoms with E-state index < -0.39 is 50.9 Å². The fraction of sp³-hybridized carbons (Fsp3) is 0.368. The zero-order valence-electron chi connectivity index (χ0n) is 17.3. The van der Waals surface area contributed by atoms with Gasteiger partial charge in [0.05, 0.1) is 25.5 Å². The van der Waals surface area contributed by atoms with Crippen LogP contribution in [-0.4, -0.2) is 40.6 Å². The van der Waals surface area contributed by atoms with Crippen LogP contribution in [0.5, 0.6) is 5.75 Å². The van der Waals surface area contributed by atoms with Gasteiger partial charge in [-0.2, -0.15) is 13.1 Å². The van der Waals surface area contributed by atoms with Gasteiger partial charge < -0.3 is 19.5 Å². The van der Waals surface area contributed by atoms with Gasteiger partial charge in [-0.3, -0.25) is 4.72 Å². The summed E-state index contributed by atoms with van der Waals surface area (Å²) in [5.74, 6) is -4.64. The number of hydrogen-bond donors (Lipinski definition) is 3. The van der Waals surface area contributed by atoms with Gasteiger partial charge in [-0.1, -0.05) is 0 Å². The SMILES string of the molecule is COc1cc(F)c(F)c(Nc2ccc(I)cc2F)c1NS(=O)(=O)NCC1COC(C)(C)O1. The number of benzene rings is 2. The summed E-state index contributed by atoms with van der Waals surface area (Å²) in [6, 6.07) is 4.70. The second kappa shape index (κ2) is 9.59. The molecule has 176 valence electrons. The first-order chi connectivity index (χ1) is 14.9. The van der Waals surface area contributed by atoms with Crippen molar-refractivity contribution in [2.45, 2.75) is 25.7 Å². The Morgan fingerprint density at radius 2 is 1.91 bits per heavy atom. The van der Waals surface area contributed by atoms with Gasteiger partial charge in [-0.15, -0.1) is 0 Å². The molecule has 32 heavy (non-hydrogen) atoms. The van der Waals surface area contributed by atoms with Gasteiger partial charge in [0.15, 0.2) is 17.4 Å². The molecule has 13 heteroatoms. The fourth-order valence-corrected chi connectivity index (χ4v) is 4.35. The lowest BCUT2D eigenvalue weighted by Crippen LogP contribution is -2.38. The van der Waals surface area contributed by atoms with Crippen LogP contribution in [0.4, 0.5) is 30.2 Å². The highest BCUT2D eigenvalue weighted by molar-refractivity contribution is 14.1. The average Bonchev–Trinajstić information content (AvgIpc) is 3.06. The summed E-state index contributed by atoms with van der Waals surface area (Å²) in [6.45, 7) is 3.41. The van der Waals surface area contributed by atoms with Crippen molar-refractivity contribution in [1.29, 1.82) is 0 Å². The molecule has 1 saturated heterocycles. The monoisotopic (exact) mass is 587 g/mol. The Morgan fingerprint density at radius 3 is 2.50 bits per heavy atom. The first-order valence-electron chi connectivity index (χ1n) is 9.28. The third-order valence-electron chi connectivity index (χ3n) is 4.40. The van der Waals surface area contributed by atoms with Gasteiger partial charge in [0.2, 0.25) is 0 Å². The van der Waals surface area contributed by atoms with E-state index in [2.05, 4.69) is 14.8 Å². The number of anilines is 3. The van der Waals surface area contributed by atoms with Crippen molar-refractivity contribution in [3.05, 3.63) is 45.3 Å². The standard InChI is InChI=1S/C19H21F3IN3O5S/c1-19(2)30-9-11(31-19)8-24-32(27,28)26-17-15(29-3)7-13(21)16(22)18(17)25-14-5-4-10(23)6-12(14)20/h4-7,11,24-26H,8-9H2,1-3H3. The van der Waals surface area contributed by atoms with Gasteiger partial charge in [-0.05, 0) is 54.6 Å². The molecule has 0 spiro atoms. The lowest BCUT2D eigenvalue weighted by atomic mass is 10.2. The Balaban J connectivity index is 1.89. The third-order valence-corrected chi connectivity index (χ3v) is 6.09. The highest BCUT2D eigenvalue weighted by Gasteiger charge is 2.33. The van der Waals surface area contributed by atoms with E-state index in [0.717, 1.165) is 7.11 Å². The molecule has 3 N–H and O–H groups in total. The van der Waals surface area contributed by atoms with Crippen molar-refractivity contribution >= 4 is 49.9 Å². The summed E-state index contributed by atoms with van der Waals surface area (Å²) in [5, 5.41) is 2.41. The Kier molecular flexibility index (Phi) is 7.44. The highest BCUT2D eigenvalue weighted by Crippen LogP contribution is 2.39. The number of methoxy groups -OCH3 is 1. The molecular weight excluding hydrogens is 566 g/mol. The molecule has 1 atom stereocenters. The number of ether oxygens (including phenoxy) is 3. The smallest absolute Gasteiger partial charge is 0.299 e. The zero-order valence-corrected chi connectivity index (χ0v) is 20.2. The molecule has 0 bridgehead atoms. The van der Waals surface area contributed by atoms with E-state index in [1.807, 2.05) is 22.6 Å². The van der Waals surface area contributed by atoms with E-state index in [1.54, 1.807) is 13.8 Å². The normalized spacial score (nSPS) is 17.9. The number of hydrogen-bond acceptors (Lipinski definition) is 6. The van der Waals surface area contributed by atoms with Crippen LogP contribution in [-0.2, 0) is 19.7 Å². The van der Waals surface area contributed by atoms with Crippen LogP contribution in [0, 0.1) is 21.0 Å². The summed E-state index contributed by atoms with van der Waals surface area (Å²) in [7, 11) is -3.14. The van der Waals surface area contributed by atoms with E-state index in [9.17, 15) is 21.6 Å². The first-order valence-corrected chi connectivity index (χ1v) is 11.8. The fourth-order valence-electron chi connectivity index (χ4n) is 2.94. The second-order valence-electron chi connectivity index (χ2n) is 7.28. The van der Waals surface area contributed by atoms with E-state index in [4.69, 9.17) is 14.2 Å². The van der Waals surface area contributed by atoms with Gasteiger partial charge in [-0.25, -0.2) is 13.2 Å². The summed E-state index contributed by atoms with van der Waals surface area (Å²) in [4.78, 5) is 0. The van der Waals surface area contributed by atoms with Crippen LogP contribution in [0.1, 0.15) is 13.8 Å². The third kappa shape index (κ3) is 5.95. The topological polar surface area (TPSA) is 97.9 Å². The van der Waals surface area contributed by atoms with Crippen LogP contribution >= 0.6 is 22.6 Å². The summed E-state index contributed by atoms with van der Waals surface area (Å²) >= 11 is 1.89. The average molecular weight is 587 g/mol. The minimum atomic E-state index is -4.29. The van der Waals surface area contributed by atoms with Crippen molar-refractivity contribution in [2.75, 3.05) is 30.3 Å². The molecule has 2 aromatic rings. The van der Waals surface area contributed by atoms with Crippen molar-refractivity contribution in [2.24, 2.45) is 0 Å². The van der Waals surface area contributed by atoms with Crippen LogP contribution in [0.2, 0.25) is 0 Å². The molecule has 0 aliphatic carbocycles. The molecule has 0 saturated carbocycles.